The van der Waals surface area contributed by atoms with E-state index < -0.39 is 0 Å². The van der Waals surface area contributed by atoms with Gasteiger partial charge in [0.15, 0.2) is 0 Å². The Morgan fingerprint density at radius 2 is 1.87 bits per heavy atom. The van der Waals surface area contributed by atoms with E-state index in [0.29, 0.717) is 6.61 Å². The van der Waals surface area contributed by atoms with Crippen molar-refractivity contribution in [3.05, 3.63) is 23.3 Å². The standard InChI is InChI=1S/C13H22O2/c1-5-11(3)8-7-9-12(4)10-13(14)15-6-2/h8,10H,5-7,9H2,1-4H3/b11-8+,12-10-. The second-order valence-corrected chi connectivity index (χ2v) is 3.69. The molecule has 0 atom stereocenters. The van der Waals surface area contributed by atoms with Gasteiger partial charge in [0.2, 0.25) is 0 Å². The van der Waals surface area contributed by atoms with Crippen molar-refractivity contribution in [1.82, 2.24) is 0 Å². The summed E-state index contributed by atoms with van der Waals surface area (Å²) in [5.74, 6) is -0.230. The summed E-state index contributed by atoms with van der Waals surface area (Å²) in [4.78, 5) is 11.1. The Morgan fingerprint density at radius 3 is 2.40 bits per heavy atom. The normalized spacial score (nSPS) is 12.8. The molecule has 0 spiro atoms. The van der Waals surface area contributed by atoms with Gasteiger partial charge in [0.05, 0.1) is 6.61 Å². The van der Waals surface area contributed by atoms with Crippen LogP contribution in [0.5, 0.6) is 0 Å². The van der Waals surface area contributed by atoms with Crippen LogP contribution in [-0.2, 0) is 9.53 Å². The molecule has 0 heterocycles. The topological polar surface area (TPSA) is 26.3 Å². The molecule has 0 aromatic heterocycles. The highest BCUT2D eigenvalue weighted by atomic mass is 16.5. The van der Waals surface area contributed by atoms with Crippen LogP contribution in [0.4, 0.5) is 0 Å². The molecule has 0 rings (SSSR count). The molecule has 2 heteroatoms. The monoisotopic (exact) mass is 210 g/mol. The van der Waals surface area contributed by atoms with Gasteiger partial charge in [-0.3, -0.25) is 0 Å². The van der Waals surface area contributed by atoms with Crippen LogP contribution in [0.2, 0.25) is 0 Å². The van der Waals surface area contributed by atoms with E-state index in [2.05, 4.69) is 19.9 Å². The maximum atomic E-state index is 11.1. The number of allylic oxidation sites excluding steroid dienone is 3. The van der Waals surface area contributed by atoms with Crippen molar-refractivity contribution in [2.75, 3.05) is 6.61 Å². The Bertz CT molecular complexity index is 249. The molecule has 0 bridgehead atoms. The minimum atomic E-state index is -0.230. The molecule has 0 aliphatic carbocycles. The van der Waals surface area contributed by atoms with Gasteiger partial charge in [0.25, 0.3) is 0 Å². The maximum Gasteiger partial charge on any atom is 0.330 e. The highest BCUT2D eigenvalue weighted by Crippen LogP contribution is 2.08. The molecule has 0 aromatic rings. The fourth-order valence-electron chi connectivity index (χ4n) is 1.15. The smallest absolute Gasteiger partial charge is 0.330 e. The van der Waals surface area contributed by atoms with E-state index in [4.69, 9.17) is 4.74 Å². The lowest BCUT2D eigenvalue weighted by molar-refractivity contribution is -0.137. The lowest BCUT2D eigenvalue weighted by Crippen LogP contribution is -2.00. The van der Waals surface area contributed by atoms with E-state index in [1.807, 2.05) is 13.8 Å². The Labute approximate surface area is 93.0 Å². The first-order valence-corrected chi connectivity index (χ1v) is 5.59. The van der Waals surface area contributed by atoms with Crippen molar-refractivity contribution in [1.29, 1.82) is 0 Å². The molecule has 0 unspecified atom stereocenters. The van der Waals surface area contributed by atoms with Crippen molar-refractivity contribution >= 4 is 5.97 Å². The minimum absolute atomic E-state index is 0.230. The average molecular weight is 210 g/mol. The van der Waals surface area contributed by atoms with Crippen LogP contribution in [0, 0.1) is 0 Å². The summed E-state index contributed by atoms with van der Waals surface area (Å²) >= 11 is 0. The first-order chi connectivity index (χ1) is 7.10. The summed E-state index contributed by atoms with van der Waals surface area (Å²) < 4.78 is 4.83. The molecule has 0 saturated carbocycles. The Kier molecular flexibility index (Phi) is 7.69. The lowest BCUT2D eigenvalue weighted by atomic mass is 10.1. The largest absolute Gasteiger partial charge is 0.463 e. The molecular formula is C13H22O2. The molecule has 0 aromatic carbocycles. The van der Waals surface area contributed by atoms with Gasteiger partial charge in [-0.25, -0.2) is 4.79 Å². The van der Waals surface area contributed by atoms with Crippen LogP contribution in [0.25, 0.3) is 0 Å². The fourth-order valence-corrected chi connectivity index (χ4v) is 1.15. The molecule has 0 aliphatic rings. The van der Waals surface area contributed by atoms with Crippen LogP contribution in [0.15, 0.2) is 23.3 Å². The third-order valence-corrected chi connectivity index (χ3v) is 2.24. The molecule has 2 nitrogen and oxygen atoms in total. The number of esters is 1. The number of hydrogen-bond acceptors (Lipinski definition) is 2. The molecule has 0 amide bonds. The predicted molar refractivity (Wildman–Crippen MR) is 63.7 cm³/mol. The average Bonchev–Trinajstić information content (AvgIpc) is 2.17. The highest BCUT2D eigenvalue weighted by Gasteiger charge is 1.97. The Hall–Kier alpha value is -1.05. The molecule has 0 radical (unpaired) electrons. The van der Waals surface area contributed by atoms with Crippen LogP contribution in [0.3, 0.4) is 0 Å². The molecule has 0 aliphatic heterocycles. The van der Waals surface area contributed by atoms with Crippen molar-refractivity contribution < 1.29 is 9.53 Å². The van der Waals surface area contributed by atoms with E-state index in [0.717, 1.165) is 24.8 Å². The van der Waals surface area contributed by atoms with Gasteiger partial charge in [0, 0.05) is 6.08 Å². The molecule has 0 fully saturated rings. The highest BCUT2D eigenvalue weighted by molar-refractivity contribution is 5.82. The van der Waals surface area contributed by atoms with E-state index in [-0.39, 0.29) is 5.97 Å². The summed E-state index contributed by atoms with van der Waals surface area (Å²) in [7, 11) is 0. The zero-order valence-electron chi connectivity index (χ0n) is 10.3. The van der Waals surface area contributed by atoms with E-state index in [9.17, 15) is 4.79 Å². The van der Waals surface area contributed by atoms with Gasteiger partial charge in [-0.15, -0.1) is 0 Å². The van der Waals surface area contributed by atoms with Gasteiger partial charge >= 0.3 is 5.97 Å². The third kappa shape index (κ3) is 7.98. The number of carbonyl (C=O) groups excluding carboxylic acids is 1. The summed E-state index contributed by atoms with van der Waals surface area (Å²) in [5, 5.41) is 0. The van der Waals surface area contributed by atoms with Crippen molar-refractivity contribution in [3.8, 4) is 0 Å². The van der Waals surface area contributed by atoms with Crippen LogP contribution >= 0.6 is 0 Å². The summed E-state index contributed by atoms with van der Waals surface area (Å²) in [5.41, 5.74) is 2.48. The molecule has 0 saturated heterocycles. The van der Waals surface area contributed by atoms with Crippen molar-refractivity contribution in [3.63, 3.8) is 0 Å². The van der Waals surface area contributed by atoms with E-state index in [1.165, 1.54) is 5.57 Å². The summed E-state index contributed by atoms with van der Waals surface area (Å²) in [6.45, 7) is 8.50. The van der Waals surface area contributed by atoms with Gasteiger partial charge in [0.1, 0.15) is 0 Å². The molecular weight excluding hydrogens is 188 g/mol. The first kappa shape index (κ1) is 13.9. The van der Waals surface area contributed by atoms with Crippen molar-refractivity contribution in [2.24, 2.45) is 0 Å². The van der Waals surface area contributed by atoms with Gasteiger partial charge in [-0.1, -0.05) is 24.1 Å². The van der Waals surface area contributed by atoms with Gasteiger partial charge < -0.3 is 4.74 Å². The second kappa shape index (κ2) is 8.27. The minimum Gasteiger partial charge on any atom is -0.463 e. The van der Waals surface area contributed by atoms with Gasteiger partial charge in [-0.05, 0) is 40.0 Å². The first-order valence-electron chi connectivity index (χ1n) is 5.59. The second-order valence-electron chi connectivity index (χ2n) is 3.69. The fraction of sp³-hybridized carbons (Fsp3) is 0.615. The van der Waals surface area contributed by atoms with Crippen LogP contribution in [0.1, 0.15) is 47.0 Å². The number of ether oxygens (including phenoxy) is 1. The Balaban J connectivity index is 3.92. The molecule has 15 heavy (non-hydrogen) atoms. The zero-order valence-corrected chi connectivity index (χ0v) is 10.3. The van der Waals surface area contributed by atoms with E-state index >= 15 is 0 Å². The van der Waals surface area contributed by atoms with Gasteiger partial charge in [-0.2, -0.15) is 0 Å². The number of carbonyl (C=O) groups is 1. The number of hydrogen-bond donors (Lipinski definition) is 0. The number of rotatable bonds is 6. The lowest BCUT2D eigenvalue weighted by Gasteiger charge is -2.00. The van der Waals surface area contributed by atoms with Crippen LogP contribution in [-0.4, -0.2) is 12.6 Å². The quantitative estimate of drug-likeness (QED) is 0.380. The summed E-state index contributed by atoms with van der Waals surface area (Å²) in [6, 6.07) is 0. The molecule has 86 valence electrons. The third-order valence-electron chi connectivity index (χ3n) is 2.24. The zero-order chi connectivity index (χ0) is 11.7. The maximum absolute atomic E-state index is 11.1. The Morgan fingerprint density at radius 1 is 1.20 bits per heavy atom. The van der Waals surface area contributed by atoms with Crippen LogP contribution < -0.4 is 0 Å². The predicted octanol–water partition coefficient (Wildman–Crippen LogP) is 3.63. The SMILES string of the molecule is CCOC(=O)/C=C(/C)CC/C=C(\C)CC. The molecule has 0 N–H and O–H groups in total. The van der Waals surface area contributed by atoms with E-state index in [1.54, 1.807) is 6.08 Å². The summed E-state index contributed by atoms with van der Waals surface area (Å²) in [6.07, 6.45) is 6.83. The van der Waals surface area contributed by atoms with Crippen molar-refractivity contribution in [2.45, 2.75) is 47.0 Å².